The molecule has 4 aromatic heterocycles. The zero-order valence-electron chi connectivity index (χ0n) is 20.9. The Kier molecular flexibility index (Phi) is 6.38. The van der Waals surface area contributed by atoms with Gasteiger partial charge in [-0.1, -0.05) is 0 Å². The number of rotatable bonds is 8. The summed E-state index contributed by atoms with van der Waals surface area (Å²) in [7, 11) is 1.53. The number of nitrogens with zero attached hydrogens (tertiary/aromatic N) is 7. The number of halogens is 1. The third-order valence-electron chi connectivity index (χ3n) is 6.39. The second-order valence-electron chi connectivity index (χ2n) is 9.22. The summed E-state index contributed by atoms with van der Waals surface area (Å²) in [5.74, 6) is 1.60. The lowest BCUT2D eigenvalue weighted by molar-refractivity contribution is -0.158. The van der Waals surface area contributed by atoms with Gasteiger partial charge in [0, 0.05) is 36.5 Å². The van der Waals surface area contributed by atoms with E-state index in [4.69, 9.17) is 4.74 Å². The molecule has 0 aromatic carbocycles. The summed E-state index contributed by atoms with van der Waals surface area (Å²) < 4.78 is 20.2. The molecule has 13 heteroatoms. The molecular formula is C24H27FN10O2. The number of aromatic nitrogens is 8. The first-order chi connectivity index (χ1) is 17.7. The van der Waals surface area contributed by atoms with Gasteiger partial charge in [0.2, 0.25) is 0 Å². The number of methoxy groups -OCH3 is 1. The number of hydrogen-bond donors (Lipinski definition) is 3. The smallest absolute Gasteiger partial charge is 0.252 e. The summed E-state index contributed by atoms with van der Waals surface area (Å²) in [5.41, 5.74) is 1.32. The van der Waals surface area contributed by atoms with Crippen molar-refractivity contribution in [3.63, 3.8) is 0 Å². The van der Waals surface area contributed by atoms with Crippen LogP contribution in [0.3, 0.4) is 0 Å². The second-order valence-corrected chi connectivity index (χ2v) is 9.22. The van der Waals surface area contributed by atoms with E-state index in [1.165, 1.54) is 30.4 Å². The molecule has 5 rings (SSSR count). The Labute approximate surface area is 212 Å². The van der Waals surface area contributed by atoms with Gasteiger partial charge in [-0.15, -0.1) is 0 Å². The van der Waals surface area contributed by atoms with Gasteiger partial charge in [0.25, 0.3) is 5.91 Å². The molecule has 1 fully saturated rings. The minimum Gasteiger partial charge on any atom is -0.368 e. The molecule has 0 unspecified atom stereocenters. The molecule has 1 aliphatic carbocycles. The summed E-state index contributed by atoms with van der Waals surface area (Å²) in [4.78, 5) is 31.1. The summed E-state index contributed by atoms with van der Waals surface area (Å²) in [6.45, 7) is 5.63. The maximum atomic E-state index is 13.2. The van der Waals surface area contributed by atoms with E-state index in [9.17, 15) is 9.18 Å². The molecule has 4 heterocycles. The van der Waals surface area contributed by atoms with E-state index in [1.54, 1.807) is 0 Å². The van der Waals surface area contributed by atoms with Crippen molar-refractivity contribution in [3.05, 3.63) is 65.6 Å². The highest BCUT2D eigenvalue weighted by Crippen LogP contribution is 2.46. The number of carbonyl (C=O) groups excluding carboxylic acids is 1. The largest absolute Gasteiger partial charge is 0.368 e. The number of ether oxygens (including phenoxy) is 1. The van der Waals surface area contributed by atoms with E-state index in [2.05, 4.69) is 45.9 Å². The Morgan fingerprint density at radius 3 is 2.62 bits per heavy atom. The first kappa shape index (κ1) is 24.4. The normalized spacial score (nSPS) is 19.8. The van der Waals surface area contributed by atoms with Crippen LogP contribution >= 0.6 is 0 Å². The van der Waals surface area contributed by atoms with Gasteiger partial charge in [-0.2, -0.15) is 10.2 Å². The lowest BCUT2D eigenvalue weighted by Gasteiger charge is -2.44. The molecule has 12 nitrogen and oxygen atoms in total. The molecule has 1 amide bonds. The number of carbonyl (C=O) groups is 1. The van der Waals surface area contributed by atoms with Crippen LogP contribution in [0.1, 0.15) is 54.6 Å². The molecule has 192 valence electrons. The molecule has 0 bridgehead atoms. The van der Waals surface area contributed by atoms with Gasteiger partial charge in [0.1, 0.15) is 17.2 Å². The van der Waals surface area contributed by atoms with Crippen LogP contribution in [-0.4, -0.2) is 58.5 Å². The standard InChI is InChI=1S/C24H27FN10O2/c1-13-5-19(31-20-6-14(2)33-34-20)32-22(29-13)16-7-24(8-16,37-4)23(36)30-15(3)18-10-27-21(11-26-18)35-12-17(25)9-28-35/h5-6,9-12,15-16H,7-8H2,1-4H3,(H,30,36)(H2,29,31,32,33,34)/t15-,16?,24?/m0/s1. The summed E-state index contributed by atoms with van der Waals surface area (Å²) in [6.07, 6.45) is 6.19. The summed E-state index contributed by atoms with van der Waals surface area (Å²) >= 11 is 0. The monoisotopic (exact) mass is 506 g/mol. The minimum absolute atomic E-state index is 0.0316. The SMILES string of the molecule is COC1(C(=O)N[C@@H](C)c2cnc(-n3cc(F)cn3)cn2)CC(c2nc(C)cc(Nc3cc(C)[nH]n3)n2)C1. The molecule has 1 saturated carbocycles. The fourth-order valence-electron chi connectivity index (χ4n) is 4.32. The van der Waals surface area contributed by atoms with Crippen molar-refractivity contribution in [1.29, 1.82) is 0 Å². The van der Waals surface area contributed by atoms with Gasteiger partial charge in [-0.25, -0.2) is 24.0 Å². The highest BCUT2D eigenvalue weighted by molar-refractivity contribution is 5.87. The fourth-order valence-corrected chi connectivity index (χ4v) is 4.32. The van der Waals surface area contributed by atoms with E-state index in [0.717, 1.165) is 17.6 Å². The molecule has 4 aromatic rings. The Hall–Kier alpha value is -4.26. The van der Waals surface area contributed by atoms with Gasteiger partial charge in [0.05, 0.1) is 36.5 Å². The molecule has 0 aliphatic heterocycles. The Balaban J connectivity index is 1.23. The number of anilines is 2. The predicted octanol–water partition coefficient (Wildman–Crippen LogP) is 2.81. The Morgan fingerprint density at radius 2 is 2.00 bits per heavy atom. The van der Waals surface area contributed by atoms with Crippen LogP contribution in [0.25, 0.3) is 5.82 Å². The Morgan fingerprint density at radius 1 is 1.19 bits per heavy atom. The van der Waals surface area contributed by atoms with Crippen LogP contribution < -0.4 is 10.6 Å². The van der Waals surface area contributed by atoms with Crippen LogP contribution in [0.4, 0.5) is 16.0 Å². The highest BCUT2D eigenvalue weighted by atomic mass is 19.1. The van der Waals surface area contributed by atoms with Gasteiger partial charge >= 0.3 is 0 Å². The first-order valence-corrected chi connectivity index (χ1v) is 11.8. The fraction of sp³-hybridized carbons (Fsp3) is 0.375. The third-order valence-corrected chi connectivity index (χ3v) is 6.39. The van der Waals surface area contributed by atoms with E-state index < -0.39 is 17.5 Å². The maximum Gasteiger partial charge on any atom is 0.252 e. The number of aromatic amines is 1. The van der Waals surface area contributed by atoms with E-state index in [1.807, 2.05) is 32.9 Å². The lowest BCUT2D eigenvalue weighted by atomic mass is 9.69. The van der Waals surface area contributed by atoms with Crippen molar-refractivity contribution in [2.45, 2.75) is 51.2 Å². The number of H-pyrrole nitrogens is 1. The predicted molar refractivity (Wildman–Crippen MR) is 131 cm³/mol. The van der Waals surface area contributed by atoms with Crippen molar-refractivity contribution in [3.8, 4) is 5.82 Å². The second kappa shape index (κ2) is 9.65. The lowest BCUT2D eigenvalue weighted by Crippen LogP contribution is -2.56. The average molecular weight is 507 g/mol. The zero-order chi connectivity index (χ0) is 26.2. The number of amides is 1. The quantitative estimate of drug-likeness (QED) is 0.328. The van der Waals surface area contributed by atoms with Crippen LogP contribution in [0.2, 0.25) is 0 Å². The van der Waals surface area contributed by atoms with Gasteiger partial charge in [-0.05, 0) is 33.6 Å². The topological polar surface area (TPSA) is 148 Å². The van der Waals surface area contributed by atoms with Crippen molar-refractivity contribution >= 4 is 17.5 Å². The van der Waals surface area contributed by atoms with Gasteiger partial charge in [-0.3, -0.25) is 14.9 Å². The van der Waals surface area contributed by atoms with Crippen molar-refractivity contribution in [1.82, 2.24) is 45.2 Å². The maximum absolute atomic E-state index is 13.2. The zero-order valence-corrected chi connectivity index (χ0v) is 20.9. The number of hydrogen-bond acceptors (Lipinski definition) is 9. The van der Waals surface area contributed by atoms with Crippen molar-refractivity contribution in [2.24, 2.45) is 0 Å². The summed E-state index contributed by atoms with van der Waals surface area (Å²) in [6, 6.07) is 3.31. The molecule has 1 aliphatic rings. The summed E-state index contributed by atoms with van der Waals surface area (Å²) in [5, 5.41) is 17.1. The molecule has 0 radical (unpaired) electrons. The van der Waals surface area contributed by atoms with Crippen LogP contribution in [0, 0.1) is 19.7 Å². The third kappa shape index (κ3) is 5.03. The number of aryl methyl sites for hydroxylation is 2. The Bertz CT molecular complexity index is 1410. The van der Waals surface area contributed by atoms with Crippen LogP contribution in [-0.2, 0) is 9.53 Å². The highest BCUT2D eigenvalue weighted by Gasteiger charge is 2.52. The molecule has 0 saturated heterocycles. The average Bonchev–Trinajstić information content (AvgIpc) is 3.46. The first-order valence-electron chi connectivity index (χ1n) is 11.8. The van der Waals surface area contributed by atoms with E-state index >= 15 is 0 Å². The van der Waals surface area contributed by atoms with Gasteiger partial charge in [0.15, 0.2) is 17.5 Å². The van der Waals surface area contributed by atoms with Crippen molar-refractivity contribution in [2.75, 3.05) is 12.4 Å². The van der Waals surface area contributed by atoms with Crippen LogP contribution in [0.5, 0.6) is 0 Å². The van der Waals surface area contributed by atoms with Crippen LogP contribution in [0.15, 0.2) is 36.9 Å². The molecule has 3 N–H and O–H groups in total. The molecule has 1 atom stereocenters. The molecular weight excluding hydrogens is 479 g/mol. The number of nitrogens with one attached hydrogen (secondary N) is 3. The van der Waals surface area contributed by atoms with E-state index in [0.29, 0.717) is 41.8 Å². The van der Waals surface area contributed by atoms with E-state index in [-0.39, 0.29) is 11.8 Å². The van der Waals surface area contributed by atoms with Crippen molar-refractivity contribution < 1.29 is 13.9 Å². The van der Waals surface area contributed by atoms with Gasteiger partial charge < -0.3 is 15.4 Å². The minimum atomic E-state index is -0.987. The molecule has 0 spiro atoms. The molecule has 37 heavy (non-hydrogen) atoms.